The topological polar surface area (TPSA) is 82.0 Å². The number of halogens is 1. The number of nitrogens with two attached hydrogens (primary N) is 2. The van der Waals surface area contributed by atoms with Gasteiger partial charge in [-0.15, -0.1) is 0 Å². The predicted octanol–water partition coefficient (Wildman–Crippen LogP) is 0.301. The fourth-order valence-electron chi connectivity index (χ4n) is 0.752. The minimum atomic E-state index is -0.726. The molecule has 0 radical (unpaired) electrons. The molecule has 0 saturated heterocycles. The molecular weight excluding hydrogens is 173 g/mol. The highest BCUT2D eigenvalue weighted by molar-refractivity contribution is 5.90. The molecule has 0 saturated carbocycles. The average Bonchev–Trinajstić information content (AvgIpc) is 2.07. The van der Waals surface area contributed by atoms with Crippen LogP contribution in [0.3, 0.4) is 0 Å². The Balaban J connectivity index is 2.92. The van der Waals surface area contributed by atoms with Gasteiger partial charge in [0.2, 0.25) is 11.9 Å². The molecule has 0 fully saturated rings. The Kier molecular flexibility index (Phi) is 2.59. The third-order valence-corrected chi connectivity index (χ3v) is 1.33. The summed E-state index contributed by atoms with van der Waals surface area (Å²) in [5, 5.41) is 0. The minimum absolute atomic E-state index is 0.0633. The lowest BCUT2D eigenvalue weighted by Crippen LogP contribution is -2.05. The second-order valence-electron chi connectivity index (χ2n) is 2.38. The number of anilines is 1. The van der Waals surface area contributed by atoms with E-state index in [0.29, 0.717) is 5.56 Å². The molecule has 4 N–H and O–H groups in total. The number of hydrogen-bond donors (Lipinski definition) is 2. The summed E-state index contributed by atoms with van der Waals surface area (Å²) >= 11 is 0. The van der Waals surface area contributed by atoms with Crippen LogP contribution in [0.25, 0.3) is 6.08 Å². The Labute approximate surface area is 74.1 Å². The Morgan fingerprint density at radius 2 is 2.31 bits per heavy atom. The first-order chi connectivity index (χ1) is 6.09. The van der Waals surface area contributed by atoms with Crippen LogP contribution in [0.2, 0.25) is 0 Å². The molecule has 0 aromatic carbocycles. The van der Waals surface area contributed by atoms with Crippen LogP contribution in [0.1, 0.15) is 5.56 Å². The summed E-state index contributed by atoms with van der Waals surface area (Å²) in [7, 11) is 0. The number of rotatable bonds is 2. The van der Waals surface area contributed by atoms with Gasteiger partial charge in [0.05, 0.1) is 5.69 Å². The lowest BCUT2D eigenvalue weighted by molar-refractivity contribution is -0.113. The summed E-state index contributed by atoms with van der Waals surface area (Å²) in [6, 6.07) is 1.36. The first-order valence-corrected chi connectivity index (χ1v) is 3.48. The number of aromatic nitrogens is 1. The zero-order valence-corrected chi connectivity index (χ0v) is 6.70. The molecule has 0 atom stereocenters. The SMILES string of the molecule is NC(=O)C=Cc1cnc(F)c(N)c1. The summed E-state index contributed by atoms with van der Waals surface area (Å²) < 4.78 is 12.5. The van der Waals surface area contributed by atoms with Gasteiger partial charge in [0.25, 0.3) is 0 Å². The van der Waals surface area contributed by atoms with Crippen LogP contribution < -0.4 is 11.5 Å². The van der Waals surface area contributed by atoms with Crippen LogP contribution in [0.5, 0.6) is 0 Å². The van der Waals surface area contributed by atoms with E-state index in [1.807, 2.05) is 0 Å². The van der Waals surface area contributed by atoms with Crippen molar-refractivity contribution in [3.8, 4) is 0 Å². The first kappa shape index (κ1) is 9.18. The highest BCUT2D eigenvalue weighted by atomic mass is 19.1. The highest BCUT2D eigenvalue weighted by Gasteiger charge is 1.98. The van der Waals surface area contributed by atoms with Crippen molar-refractivity contribution in [1.29, 1.82) is 0 Å². The number of nitrogens with zero attached hydrogens (tertiary/aromatic N) is 1. The van der Waals surface area contributed by atoms with E-state index in [9.17, 15) is 9.18 Å². The van der Waals surface area contributed by atoms with Crippen LogP contribution in [0.15, 0.2) is 18.3 Å². The second-order valence-corrected chi connectivity index (χ2v) is 2.38. The molecular formula is C8H8FN3O. The largest absolute Gasteiger partial charge is 0.395 e. The van der Waals surface area contributed by atoms with E-state index in [4.69, 9.17) is 11.5 Å². The number of nitrogen functional groups attached to an aromatic ring is 1. The standard InChI is InChI=1S/C8H8FN3O/c9-8-6(10)3-5(4-12-8)1-2-7(11)13/h1-4H,10H2,(H2,11,13). The van der Waals surface area contributed by atoms with Gasteiger partial charge in [0, 0.05) is 12.3 Å². The minimum Gasteiger partial charge on any atom is -0.395 e. The van der Waals surface area contributed by atoms with Gasteiger partial charge in [0.15, 0.2) is 0 Å². The molecule has 13 heavy (non-hydrogen) atoms. The quantitative estimate of drug-likeness (QED) is 0.508. The number of primary amides is 1. The summed E-state index contributed by atoms with van der Waals surface area (Å²) in [5.41, 5.74) is 10.6. The monoisotopic (exact) mass is 181 g/mol. The molecule has 0 unspecified atom stereocenters. The van der Waals surface area contributed by atoms with Crippen molar-refractivity contribution >= 4 is 17.7 Å². The van der Waals surface area contributed by atoms with Crippen molar-refractivity contribution in [1.82, 2.24) is 4.98 Å². The van der Waals surface area contributed by atoms with Crippen molar-refractivity contribution in [3.63, 3.8) is 0 Å². The van der Waals surface area contributed by atoms with E-state index in [0.717, 1.165) is 6.08 Å². The zero-order chi connectivity index (χ0) is 9.84. The van der Waals surface area contributed by atoms with Gasteiger partial charge in [-0.25, -0.2) is 4.98 Å². The lowest BCUT2D eigenvalue weighted by atomic mass is 10.2. The molecule has 5 heteroatoms. The molecule has 0 aliphatic carbocycles. The van der Waals surface area contributed by atoms with Gasteiger partial charge in [-0.2, -0.15) is 4.39 Å². The molecule has 1 heterocycles. The zero-order valence-electron chi connectivity index (χ0n) is 6.70. The van der Waals surface area contributed by atoms with Gasteiger partial charge in [-0.3, -0.25) is 4.79 Å². The van der Waals surface area contributed by atoms with E-state index in [2.05, 4.69) is 4.98 Å². The van der Waals surface area contributed by atoms with Gasteiger partial charge in [-0.1, -0.05) is 0 Å². The van der Waals surface area contributed by atoms with Crippen molar-refractivity contribution < 1.29 is 9.18 Å². The number of hydrogen-bond acceptors (Lipinski definition) is 3. The molecule has 1 aromatic heterocycles. The highest BCUT2D eigenvalue weighted by Crippen LogP contribution is 2.09. The molecule has 4 nitrogen and oxygen atoms in total. The van der Waals surface area contributed by atoms with Crippen molar-refractivity contribution in [2.75, 3.05) is 5.73 Å². The predicted molar refractivity (Wildman–Crippen MR) is 46.8 cm³/mol. The first-order valence-electron chi connectivity index (χ1n) is 3.48. The molecule has 1 amide bonds. The maximum atomic E-state index is 12.5. The molecule has 0 aliphatic heterocycles. The summed E-state index contributed by atoms with van der Waals surface area (Å²) in [5.74, 6) is -1.31. The fourth-order valence-corrected chi connectivity index (χ4v) is 0.752. The van der Waals surface area contributed by atoms with E-state index in [1.165, 1.54) is 18.3 Å². The van der Waals surface area contributed by atoms with E-state index in [1.54, 1.807) is 0 Å². The number of carbonyl (C=O) groups is 1. The number of pyridine rings is 1. The van der Waals surface area contributed by atoms with E-state index >= 15 is 0 Å². The van der Waals surface area contributed by atoms with Crippen molar-refractivity contribution in [2.24, 2.45) is 5.73 Å². The van der Waals surface area contributed by atoms with Crippen LogP contribution >= 0.6 is 0 Å². The van der Waals surface area contributed by atoms with Crippen LogP contribution in [-0.4, -0.2) is 10.9 Å². The fraction of sp³-hybridized carbons (Fsp3) is 0. The third kappa shape index (κ3) is 2.55. The lowest BCUT2D eigenvalue weighted by Gasteiger charge is -1.96. The maximum absolute atomic E-state index is 12.5. The molecule has 0 bridgehead atoms. The summed E-state index contributed by atoms with van der Waals surface area (Å²) in [4.78, 5) is 13.7. The molecule has 68 valence electrons. The normalized spacial score (nSPS) is 10.5. The van der Waals surface area contributed by atoms with E-state index in [-0.39, 0.29) is 5.69 Å². The summed E-state index contributed by atoms with van der Waals surface area (Å²) in [6.45, 7) is 0. The molecule has 0 spiro atoms. The Hall–Kier alpha value is -1.91. The maximum Gasteiger partial charge on any atom is 0.241 e. The second kappa shape index (κ2) is 3.66. The Morgan fingerprint density at radius 3 is 2.85 bits per heavy atom. The molecule has 0 aliphatic rings. The van der Waals surface area contributed by atoms with Crippen LogP contribution in [-0.2, 0) is 4.79 Å². The Morgan fingerprint density at radius 1 is 1.62 bits per heavy atom. The number of carbonyl (C=O) groups excluding carboxylic acids is 1. The van der Waals surface area contributed by atoms with Gasteiger partial charge < -0.3 is 11.5 Å². The van der Waals surface area contributed by atoms with Crippen LogP contribution in [0, 0.1) is 5.95 Å². The van der Waals surface area contributed by atoms with Crippen LogP contribution in [0.4, 0.5) is 10.1 Å². The van der Waals surface area contributed by atoms with E-state index < -0.39 is 11.9 Å². The summed E-state index contributed by atoms with van der Waals surface area (Å²) in [6.07, 6.45) is 3.81. The third-order valence-electron chi connectivity index (χ3n) is 1.33. The molecule has 1 aromatic rings. The Bertz CT molecular complexity index is 362. The van der Waals surface area contributed by atoms with Gasteiger partial charge >= 0.3 is 0 Å². The van der Waals surface area contributed by atoms with Gasteiger partial charge in [0.1, 0.15) is 0 Å². The van der Waals surface area contributed by atoms with Gasteiger partial charge in [-0.05, 0) is 17.7 Å². The smallest absolute Gasteiger partial charge is 0.241 e. The van der Waals surface area contributed by atoms with Crippen molar-refractivity contribution in [3.05, 3.63) is 29.9 Å². The number of amides is 1. The van der Waals surface area contributed by atoms with Crippen molar-refractivity contribution in [2.45, 2.75) is 0 Å². The molecule has 1 rings (SSSR count). The average molecular weight is 181 g/mol.